The summed E-state index contributed by atoms with van der Waals surface area (Å²) in [7, 11) is 0. The Hall–Kier alpha value is -3.41. The molecule has 0 aliphatic rings. The molecule has 0 rings (SSSR count). The third-order valence-corrected chi connectivity index (χ3v) is 13.4. The summed E-state index contributed by atoms with van der Waals surface area (Å²) in [6.07, 6.45) is 80.0. The van der Waals surface area contributed by atoms with Gasteiger partial charge in [0.2, 0.25) is 0 Å². The van der Waals surface area contributed by atoms with Crippen LogP contribution < -0.4 is 0 Å². The van der Waals surface area contributed by atoms with Crippen LogP contribution in [0.2, 0.25) is 0 Å². The minimum absolute atomic E-state index is 0.0846. The van der Waals surface area contributed by atoms with Crippen molar-refractivity contribution in [3.63, 3.8) is 0 Å². The first-order chi connectivity index (χ1) is 36.0. The van der Waals surface area contributed by atoms with Gasteiger partial charge in [0.1, 0.15) is 13.2 Å². The molecule has 73 heavy (non-hydrogen) atoms. The SMILES string of the molecule is CC/C=C\C/C=C\C/C=C\C/C=C\CCCCCCCCC(=O)OC(COC(=O)CCCCCCCC/C=C\C/C=C\C/C=C\CCCCCCC)COC(=O)CCCCCCCCCCCCCCCCC. The molecule has 0 N–H and O–H groups in total. The third-order valence-electron chi connectivity index (χ3n) is 13.4. The number of hydrogen-bond donors (Lipinski definition) is 0. The second-order valence-corrected chi connectivity index (χ2v) is 20.6. The average Bonchev–Trinajstić information content (AvgIpc) is 3.39. The lowest BCUT2D eigenvalue weighted by Gasteiger charge is -2.18. The summed E-state index contributed by atoms with van der Waals surface area (Å²) >= 11 is 0. The zero-order valence-corrected chi connectivity index (χ0v) is 48.1. The number of carbonyl (C=O) groups is 3. The smallest absolute Gasteiger partial charge is 0.306 e. The van der Waals surface area contributed by atoms with Gasteiger partial charge in [0.15, 0.2) is 6.10 Å². The molecule has 6 heteroatoms. The van der Waals surface area contributed by atoms with Crippen LogP contribution in [-0.4, -0.2) is 37.2 Å². The second-order valence-electron chi connectivity index (χ2n) is 20.6. The normalized spacial score (nSPS) is 12.6. The second kappa shape index (κ2) is 61.1. The predicted octanol–water partition coefficient (Wildman–Crippen LogP) is 21.1. The van der Waals surface area contributed by atoms with Crippen molar-refractivity contribution in [3.8, 4) is 0 Å². The fourth-order valence-corrected chi connectivity index (χ4v) is 8.74. The molecule has 0 spiro atoms. The highest BCUT2D eigenvalue weighted by atomic mass is 16.6. The van der Waals surface area contributed by atoms with Crippen LogP contribution in [0.5, 0.6) is 0 Å². The van der Waals surface area contributed by atoms with Crippen LogP contribution in [0.25, 0.3) is 0 Å². The van der Waals surface area contributed by atoms with Crippen LogP contribution >= 0.6 is 0 Å². The summed E-state index contributed by atoms with van der Waals surface area (Å²) in [4.78, 5) is 38.3. The van der Waals surface area contributed by atoms with Gasteiger partial charge in [-0.3, -0.25) is 14.4 Å². The van der Waals surface area contributed by atoms with E-state index in [1.54, 1.807) is 0 Å². The van der Waals surface area contributed by atoms with E-state index in [0.29, 0.717) is 19.3 Å². The summed E-state index contributed by atoms with van der Waals surface area (Å²) in [5.41, 5.74) is 0. The first-order valence-corrected chi connectivity index (χ1v) is 31.1. The van der Waals surface area contributed by atoms with Gasteiger partial charge in [0.25, 0.3) is 0 Å². The van der Waals surface area contributed by atoms with Crippen molar-refractivity contribution in [1.29, 1.82) is 0 Å². The maximum Gasteiger partial charge on any atom is 0.306 e. The zero-order chi connectivity index (χ0) is 52.9. The number of unbranched alkanes of at least 4 members (excludes halogenated alkanes) is 31. The molecule has 0 aliphatic carbocycles. The average molecular weight is 1020 g/mol. The molecule has 0 aromatic heterocycles. The van der Waals surface area contributed by atoms with E-state index in [0.717, 1.165) is 116 Å². The molecule has 6 nitrogen and oxygen atoms in total. The molecular formula is C67H116O6. The van der Waals surface area contributed by atoms with E-state index >= 15 is 0 Å². The summed E-state index contributed by atoms with van der Waals surface area (Å²) in [5.74, 6) is -0.900. The highest BCUT2D eigenvalue weighted by Gasteiger charge is 2.19. The Kier molecular flexibility index (Phi) is 58.3. The van der Waals surface area contributed by atoms with Crippen molar-refractivity contribution >= 4 is 17.9 Å². The van der Waals surface area contributed by atoms with E-state index in [4.69, 9.17) is 14.2 Å². The van der Waals surface area contributed by atoms with Gasteiger partial charge in [-0.15, -0.1) is 0 Å². The molecule has 0 radical (unpaired) electrons. The van der Waals surface area contributed by atoms with Gasteiger partial charge in [-0.1, -0.05) is 273 Å². The minimum Gasteiger partial charge on any atom is -0.462 e. The molecule has 0 aromatic rings. The summed E-state index contributed by atoms with van der Waals surface area (Å²) in [6.45, 7) is 6.52. The summed E-state index contributed by atoms with van der Waals surface area (Å²) in [5, 5.41) is 0. The molecule has 0 fully saturated rings. The van der Waals surface area contributed by atoms with Crippen molar-refractivity contribution in [2.24, 2.45) is 0 Å². The maximum atomic E-state index is 12.9. The maximum absolute atomic E-state index is 12.9. The van der Waals surface area contributed by atoms with E-state index < -0.39 is 6.10 Å². The highest BCUT2D eigenvalue weighted by Crippen LogP contribution is 2.16. The minimum atomic E-state index is -0.790. The third kappa shape index (κ3) is 59.3. The molecule has 1 unspecified atom stereocenters. The van der Waals surface area contributed by atoms with Gasteiger partial charge in [-0.25, -0.2) is 0 Å². The zero-order valence-electron chi connectivity index (χ0n) is 48.1. The summed E-state index contributed by atoms with van der Waals surface area (Å²) in [6, 6.07) is 0. The number of ether oxygens (including phenoxy) is 3. The largest absolute Gasteiger partial charge is 0.462 e. The van der Waals surface area contributed by atoms with Crippen LogP contribution in [0.3, 0.4) is 0 Å². The Labute approximate surface area is 452 Å². The molecule has 0 saturated carbocycles. The Morgan fingerprint density at radius 1 is 0.288 bits per heavy atom. The number of carbonyl (C=O) groups excluding carboxylic acids is 3. The number of esters is 3. The van der Waals surface area contributed by atoms with E-state index in [9.17, 15) is 14.4 Å². The molecular weight excluding hydrogens is 901 g/mol. The van der Waals surface area contributed by atoms with Crippen LogP contribution in [0.1, 0.15) is 303 Å². The lowest BCUT2D eigenvalue weighted by Crippen LogP contribution is -2.30. The van der Waals surface area contributed by atoms with Gasteiger partial charge in [0, 0.05) is 19.3 Å². The van der Waals surface area contributed by atoms with E-state index in [1.807, 2.05) is 0 Å². The van der Waals surface area contributed by atoms with Crippen LogP contribution in [0.15, 0.2) is 85.1 Å². The summed E-state index contributed by atoms with van der Waals surface area (Å²) < 4.78 is 16.9. The molecule has 0 amide bonds. The fraction of sp³-hybridized carbons (Fsp3) is 0.746. The Balaban J connectivity index is 4.42. The van der Waals surface area contributed by atoms with Crippen molar-refractivity contribution in [3.05, 3.63) is 85.1 Å². The van der Waals surface area contributed by atoms with Crippen molar-refractivity contribution in [2.75, 3.05) is 13.2 Å². The topological polar surface area (TPSA) is 78.9 Å². The Morgan fingerprint density at radius 2 is 0.534 bits per heavy atom. The van der Waals surface area contributed by atoms with Crippen molar-refractivity contribution < 1.29 is 28.6 Å². The van der Waals surface area contributed by atoms with Gasteiger partial charge < -0.3 is 14.2 Å². The Bertz CT molecular complexity index is 1400. The standard InChI is InChI=1S/C67H116O6/c1-4-7-10-13-16-19-22-25-28-30-32-33-35-36-39-42-45-48-51-54-57-60-66(69)72-63-64(62-71-65(68)59-56-53-50-47-44-41-38-27-24-21-18-15-12-9-6-3)73-67(70)61-58-55-52-49-46-43-40-37-34-31-29-26-23-20-17-14-11-8-5-2/h8,11,17,20,22,25-26,29-30,32,34-37,64H,4-7,9-10,12-16,18-19,21,23-24,27-28,31,33,38-63H2,1-3H3/b11-8-,20-17-,25-22-,29-26-,32-30-,36-35-,37-34-. The molecule has 0 heterocycles. The van der Waals surface area contributed by atoms with Crippen molar-refractivity contribution in [2.45, 2.75) is 309 Å². The highest BCUT2D eigenvalue weighted by molar-refractivity contribution is 5.71. The fourth-order valence-electron chi connectivity index (χ4n) is 8.74. The first kappa shape index (κ1) is 69.6. The lowest BCUT2D eigenvalue weighted by atomic mass is 10.0. The van der Waals surface area contributed by atoms with Gasteiger partial charge >= 0.3 is 17.9 Å². The van der Waals surface area contributed by atoms with Crippen LogP contribution in [0, 0.1) is 0 Å². The quantitative estimate of drug-likeness (QED) is 0.0261. The first-order valence-electron chi connectivity index (χ1n) is 31.1. The van der Waals surface area contributed by atoms with Crippen LogP contribution in [0.4, 0.5) is 0 Å². The Morgan fingerprint density at radius 3 is 0.836 bits per heavy atom. The van der Waals surface area contributed by atoms with E-state index in [2.05, 4.69) is 106 Å². The van der Waals surface area contributed by atoms with E-state index in [1.165, 1.54) is 148 Å². The lowest BCUT2D eigenvalue weighted by molar-refractivity contribution is -0.167. The molecule has 0 aromatic carbocycles. The van der Waals surface area contributed by atoms with Gasteiger partial charge in [-0.05, 0) is 96.3 Å². The molecule has 0 bridgehead atoms. The van der Waals surface area contributed by atoms with Gasteiger partial charge in [-0.2, -0.15) is 0 Å². The molecule has 0 saturated heterocycles. The monoisotopic (exact) mass is 1020 g/mol. The van der Waals surface area contributed by atoms with Gasteiger partial charge in [0.05, 0.1) is 0 Å². The molecule has 0 aliphatic heterocycles. The van der Waals surface area contributed by atoms with Crippen molar-refractivity contribution in [1.82, 2.24) is 0 Å². The number of allylic oxidation sites excluding steroid dienone is 14. The number of rotatable bonds is 56. The molecule has 420 valence electrons. The predicted molar refractivity (Wildman–Crippen MR) is 316 cm³/mol. The number of hydrogen-bond acceptors (Lipinski definition) is 6. The van der Waals surface area contributed by atoms with E-state index in [-0.39, 0.29) is 31.1 Å². The van der Waals surface area contributed by atoms with Crippen LogP contribution in [-0.2, 0) is 28.6 Å². The molecule has 1 atom stereocenters.